The molecule has 612 valence electrons. The maximum atomic E-state index is 4.60. The largest absolute Gasteiger partial charge is 3.00 e. The zero-order valence-electron chi connectivity index (χ0n) is 70.2. The molecule has 0 aliphatic carbocycles. The molecule has 0 N–H and O–H groups in total. The quantitative estimate of drug-likeness (QED) is 0.0895. The summed E-state index contributed by atoms with van der Waals surface area (Å²) >= 11 is 0. The maximum Gasteiger partial charge on any atom is 3.00 e. The predicted octanol–water partition coefficient (Wildman–Crippen LogP) is 22.7. The number of hydrogen-bond acceptors (Lipinski definition) is 15. The fraction of sp³-hybridized carbons (Fsp3) is 0.212. The third-order valence-electron chi connectivity index (χ3n) is 20.0. The molecular formula is C99H99Ir3N18. The third-order valence-corrected chi connectivity index (χ3v) is 20.0. The number of hydrogen-bond donors (Lipinski definition) is 0. The smallest absolute Gasteiger partial charge is 0.501 e. The van der Waals surface area contributed by atoms with Gasteiger partial charge in [-0.05, 0) is 90.0 Å². The van der Waals surface area contributed by atoms with E-state index >= 15 is 0 Å². The number of imidazole rings is 3. The van der Waals surface area contributed by atoms with E-state index in [9.17, 15) is 0 Å². The van der Waals surface area contributed by atoms with Crippen LogP contribution in [-0.4, -0.2) is 79.7 Å². The molecule has 6 aromatic heterocycles. The van der Waals surface area contributed by atoms with Gasteiger partial charge in [-0.2, -0.15) is 97.7 Å². The molecule has 9 heterocycles. The number of para-hydroxylation sites is 6. The van der Waals surface area contributed by atoms with Crippen LogP contribution >= 0.6 is 0 Å². The van der Waals surface area contributed by atoms with Crippen molar-refractivity contribution >= 4 is 51.8 Å². The summed E-state index contributed by atoms with van der Waals surface area (Å²) in [4.78, 5) is 51.2. The van der Waals surface area contributed by atoms with Gasteiger partial charge >= 0.3 is 60.3 Å². The third kappa shape index (κ3) is 21.1. The van der Waals surface area contributed by atoms with Gasteiger partial charge in [0.15, 0.2) is 0 Å². The summed E-state index contributed by atoms with van der Waals surface area (Å²) in [5.41, 5.74) is 18.9. The second-order valence-electron chi connectivity index (χ2n) is 30.1. The molecule has 0 bridgehead atoms. The Balaban J connectivity index is 0.000000152. The summed E-state index contributed by atoms with van der Waals surface area (Å²) in [6.07, 6.45) is 21.9. The first-order valence-corrected chi connectivity index (χ1v) is 39.7. The fourth-order valence-electron chi connectivity index (χ4n) is 14.2. The summed E-state index contributed by atoms with van der Waals surface area (Å²) in [5, 5.41) is 0. The minimum Gasteiger partial charge on any atom is -0.501 e. The normalized spacial score (nSPS) is 12.2. The second-order valence-corrected chi connectivity index (χ2v) is 30.1. The van der Waals surface area contributed by atoms with Crippen molar-refractivity contribution in [2.24, 2.45) is 0 Å². The zero-order valence-corrected chi connectivity index (χ0v) is 77.4. The number of anilines is 9. The molecule has 3 aliphatic rings. The van der Waals surface area contributed by atoms with E-state index < -0.39 is 0 Å². The average Bonchev–Trinajstić information content (AvgIpc) is 1.29. The van der Waals surface area contributed by atoms with Gasteiger partial charge in [0.1, 0.15) is 35.4 Å². The minimum absolute atomic E-state index is 0. The maximum absolute atomic E-state index is 4.60. The van der Waals surface area contributed by atoms with Crippen molar-refractivity contribution in [3.05, 3.63) is 364 Å². The Morgan fingerprint density at radius 1 is 0.275 bits per heavy atom. The molecule has 0 unspecified atom stereocenters. The topological polar surface area (TPSA) is 150 Å². The van der Waals surface area contributed by atoms with Crippen molar-refractivity contribution in [2.45, 2.75) is 119 Å². The Kier molecular flexibility index (Phi) is 32.6. The van der Waals surface area contributed by atoms with E-state index in [1.54, 1.807) is 31.1 Å². The molecular weight excluding hydrogens is 2020 g/mol. The Labute approximate surface area is 749 Å². The molecule has 0 fully saturated rings. The van der Waals surface area contributed by atoms with Gasteiger partial charge in [-0.15, -0.1) is 138 Å². The van der Waals surface area contributed by atoms with E-state index in [0.717, 1.165) is 86.0 Å². The first-order chi connectivity index (χ1) is 56.9. The van der Waals surface area contributed by atoms with Gasteiger partial charge in [0.05, 0.1) is 29.4 Å². The van der Waals surface area contributed by atoms with E-state index in [1.807, 2.05) is 223 Å². The Morgan fingerprint density at radius 3 is 0.825 bits per heavy atom. The van der Waals surface area contributed by atoms with Gasteiger partial charge in [0.25, 0.3) is 0 Å². The summed E-state index contributed by atoms with van der Waals surface area (Å²) in [5.74, 6) is 9.87. The molecule has 0 atom stereocenters. The summed E-state index contributed by atoms with van der Waals surface area (Å²) in [6, 6.07) is 86.7. The minimum atomic E-state index is 0. The van der Waals surface area contributed by atoms with E-state index in [0.29, 0.717) is 35.5 Å². The van der Waals surface area contributed by atoms with Crippen molar-refractivity contribution < 1.29 is 60.3 Å². The molecule has 0 amide bonds. The van der Waals surface area contributed by atoms with Crippen molar-refractivity contribution in [3.8, 4) is 51.2 Å². The Bertz CT molecular complexity index is 5020. The van der Waals surface area contributed by atoms with Gasteiger partial charge < -0.3 is 43.1 Å². The van der Waals surface area contributed by atoms with Gasteiger partial charge in [-0.1, -0.05) is 138 Å². The van der Waals surface area contributed by atoms with Gasteiger partial charge in [-0.25, -0.2) is 29.9 Å². The van der Waals surface area contributed by atoms with E-state index in [4.69, 9.17) is 0 Å². The molecule has 0 spiro atoms. The van der Waals surface area contributed by atoms with Gasteiger partial charge in [0.2, 0.25) is 0 Å². The standard InChI is InChI=1S/3C21H23N2.3C12H10N4.3Ir/c3*1-15(2)18-11-8-12-19(16(3)4)20(18)23-14-13-22-21(23)17-9-6-5-7-10-17;1-15-9-16(10-5-3-2-4-6-10)12-11(15)7-13-8-14-12;2*1-15-9-16(10-5-3-2-4-6-10)12-11(15)13-7-8-14-12;;;/h3*5-9,11-16H,1-4H3;3*2-5,7-9H,1H3;;;/q3*-1;3*-2;3*+3. The van der Waals surface area contributed by atoms with Crippen molar-refractivity contribution in [2.75, 3.05) is 50.5 Å². The van der Waals surface area contributed by atoms with Crippen LogP contribution in [0.5, 0.6) is 0 Å². The number of benzene rings is 9. The van der Waals surface area contributed by atoms with E-state index in [2.05, 4.69) is 269 Å². The molecule has 120 heavy (non-hydrogen) atoms. The molecule has 18 rings (SSSR count). The van der Waals surface area contributed by atoms with E-state index in [-0.39, 0.29) is 60.3 Å². The van der Waals surface area contributed by atoms with E-state index in [1.165, 1.54) is 50.4 Å². The number of fused-ring (bicyclic) bond motifs is 3. The Hall–Kier alpha value is -11.4. The number of aromatic nitrogens is 12. The number of nitrogens with zero attached hydrogens (tertiary/aromatic N) is 18. The molecule has 3 aliphatic heterocycles. The van der Waals surface area contributed by atoms with Crippen LogP contribution in [0.1, 0.15) is 152 Å². The fourth-order valence-corrected chi connectivity index (χ4v) is 14.2. The Morgan fingerprint density at radius 2 is 0.550 bits per heavy atom. The SMILES string of the molecule is CC(C)c1cccc(C(C)C)c1-n1ccnc1-c1[c-]cccc1.CC(C)c1cccc(C(C)C)c1-n1ccnc1-c1[c-]cccc1.CC(C)c1cccc(C(C)C)c1-n1ccnc1-c1[c-]cccc1.CN1[CH-]N(c2[c-]cccc2)c2nccnc21.CN1[CH-]N(c2[c-]cccc2)c2nccnc21.CN1[CH-]N(c2[c-]cccc2)c2ncncc21.[Ir+3].[Ir+3].[Ir+3]. The van der Waals surface area contributed by atoms with Crippen LogP contribution < -0.4 is 29.4 Å². The van der Waals surface area contributed by atoms with Crippen LogP contribution in [0, 0.1) is 56.4 Å². The predicted molar refractivity (Wildman–Crippen MR) is 474 cm³/mol. The molecule has 0 saturated heterocycles. The van der Waals surface area contributed by atoms with Crippen LogP contribution in [-0.2, 0) is 60.3 Å². The van der Waals surface area contributed by atoms with Gasteiger partial charge in [-0.3, -0.25) is 15.0 Å². The summed E-state index contributed by atoms with van der Waals surface area (Å²) < 4.78 is 6.66. The zero-order chi connectivity index (χ0) is 82.1. The van der Waals surface area contributed by atoms with Crippen LogP contribution in [0.2, 0.25) is 0 Å². The monoisotopic (exact) mass is 2120 g/mol. The molecule has 18 nitrogen and oxygen atoms in total. The molecule has 9 aromatic carbocycles. The molecule has 0 radical (unpaired) electrons. The van der Waals surface area contributed by atoms with Crippen LogP contribution in [0.25, 0.3) is 51.2 Å². The summed E-state index contributed by atoms with van der Waals surface area (Å²) in [6.45, 7) is 32.8. The summed E-state index contributed by atoms with van der Waals surface area (Å²) in [7, 11) is 5.89. The molecule has 0 saturated carbocycles. The van der Waals surface area contributed by atoms with Crippen molar-refractivity contribution in [1.82, 2.24) is 58.6 Å². The van der Waals surface area contributed by atoms with Crippen LogP contribution in [0.4, 0.5) is 51.8 Å². The first kappa shape index (κ1) is 90.9. The van der Waals surface area contributed by atoms with Crippen LogP contribution in [0.3, 0.4) is 0 Å². The van der Waals surface area contributed by atoms with Crippen molar-refractivity contribution in [3.63, 3.8) is 0 Å². The van der Waals surface area contributed by atoms with Crippen molar-refractivity contribution in [1.29, 1.82) is 0 Å². The van der Waals surface area contributed by atoms with Gasteiger partial charge in [0, 0.05) is 79.0 Å². The number of rotatable bonds is 15. The average molecular weight is 2120 g/mol. The van der Waals surface area contributed by atoms with Crippen LogP contribution in [0.15, 0.2) is 275 Å². The molecule has 15 aromatic rings. The molecule has 21 heteroatoms. The first-order valence-electron chi connectivity index (χ1n) is 39.7. The second kappa shape index (κ2) is 43.0.